The van der Waals surface area contributed by atoms with Crippen LogP contribution < -0.4 is 9.80 Å². The van der Waals surface area contributed by atoms with Gasteiger partial charge in [0, 0.05) is 6.08 Å². The molecule has 2 aromatic rings. The maximum absolute atomic E-state index is 9.32. The molecule has 3 rings (SSSR count). The molecule has 0 bridgehead atoms. The van der Waals surface area contributed by atoms with E-state index in [2.05, 4.69) is 22.9 Å². The smallest absolute Gasteiger partial charge is 0.235 e. The number of oxazole rings is 1. The van der Waals surface area contributed by atoms with Gasteiger partial charge in [0.2, 0.25) is 17.5 Å². The van der Waals surface area contributed by atoms with Crippen molar-refractivity contribution < 1.29 is 9.32 Å². The molecule has 2 heterocycles. The monoisotopic (exact) mass is 309 g/mol. The Kier molecular flexibility index (Phi) is 4.74. The maximum atomic E-state index is 9.32. The van der Waals surface area contributed by atoms with Crippen molar-refractivity contribution in [2.75, 3.05) is 37.6 Å². The molecule has 5 heteroatoms. The van der Waals surface area contributed by atoms with E-state index in [1.807, 2.05) is 42.5 Å². The van der Waals surface area contributed by atoms with E-state index in [1.165, 1.54) is 0 Å². The molecule has 0 saturated carbocycles. The van der Waals surface area contributed by atoms with Crippen LogP contribution in [-0.4, -0.2) is 37.7 Å². The quantitative estimate of drug-likeness (QED) is 0.928. The molecule has 5 nitrogen and oxygen atoms in total. The maximum Gasteiger partial charge on any atom is 0.235 e. The first-order valence-electron chi connectivity index (χ1n) is 8.02. The number of likely N-dealkylation sites (N-methyl/N-ethyl adjacent to an activating group) is 1. The third kappa shape index (κ3) is 3.61. The van der Waals surface area contributed by atoms with Crippen LogP contribution in [-0.2, 0) is 0 Å². The number of hydrogen-bond donors (Lipinski definition) is 1. The fourth-order valence-corrected chi connectivity index (χ4v) is 2.80. The number of aromatic nitrogens is 1. The van der Waals surface area contributed by atoms with E-state index in [4.69, 9.17) is 4.42 Å². The number of piperazine rings is 1. The number of benzene rings is 1. The molecule has 1 fully saturated rings. The lowest BCUT2D eigenvalue weighted by Crippen LogP contribution is -3.14. The summed E-state index contributed by atoms with van der Waals surface area (Å²) in [7, 11) is 0. The summed E-state index contributed by atoms with van der Waals surface area (Å²) in [5.41, 5.74) is 1.45. The number of nitriles is 1. The number of anilines is 1. The fraction of sp³-hybridized carbons (Fsp3) is 0.333. The summed E-state index contributed by atoms with van der Waals surface area (Å²) in [6.07, 6.45) is 3.75. The van der Waals surface area contributed by atoms with Crippen LogP contribution in [0.15, 0.2) is 34.7 Å². The average molecular weight is 309 g/mol. The SMILES string of the molecule is CC[NH+]1CCN(c2oc(/C=C/c3ccccc3)nc2C#N)CC1. The Morgan fingerprint density at radius 2 is 2.00 bits per heavy atom. The number of hydrogen-bond acceptors (Lipinski definition) is 4. The van der Waals surface area contributed by atoms with Gasteiger partial charge in [-0.15, -0.1) is 0 Å². The van der Waals surface area contributed by atoms with Crippen molar-refractivity contribution in [1.29, 1.82) is 5.26 Å². The number of nitrogens with one attached hydrogen (secondary N) is 1. The van der Waals surface area contributed by atoms with Gasteiger partial charge >= 0.3 is 0 Å². The summed E-state index contributed by atoms with van der Waals surface area (Å²) in [6.45, 7) is 7.27. The molecule has 1 aliphatic heterocycles. The van der Waals surface area contributed by atoms with Crippen molar-refractivity contribution in [3.05, 3.63) is 47.5 Å². The number of quaternary nitrogens is 1. The van der Waals surface area contributed by atoms with Gasteiger partial charge in [0.1, 0.15) is 6.07 Å². The van der Waals surface area contributed by atoms with Crippen molar-refractivity contribution in [1.82, 2.24) is 4.98 Å². The van der Waals surface area contributed by atoms with Crippen molar-refractivity contribution >= 4 is 18.0 Å². The lowest BCUT2D eigenvalue weighted by Gasteiger charge is -2.31. The molecule has 0 atom stereocenters. The van der Waals surface area contributed by atoms with Crippen LogP contribution in [0.2, 0.25) is 0 Å². The summed E-state index contributed by atoms with van der Waals surface area (Å²) in [5.74, 6) is 1.08. The van der Waals surface area contributed by atoms with Crippen LogP contribution in [0.5, 0.6) is 0 Å². The standard InChI is InChI=1S/C18H20N4O/c1-2-21-10-12-22(13-11-21)18-16(14-19)20-17(23-18)9-8-15-6-4-3-5-7-15/h3-9H,2,10-13H2,1H3/p+1/b9-8+. The molecule has 1 aliphatic rings. The lowest BCUT2D eigenvalue weighted by molar-refractivity contribution is -0.898. The molecule has 1 aromatic heterocycles. The van der Waals surface area contributed by atoms with E-state index in [0.29, 0.717) is 17.5 Å². The zero-order valence-electron chi connectivity index (χ0n) is 13.3. The Hall–Kier alpha value is -2.58. The third-order valence-electron chi connectivity index (χ3n) is 4.21. The molecule has 118 valence electrons. The number of rotatable bonds is 4. The van der Waals surface area contributed by atoms with E-state index < -0.39 is 0 Å². The summed E-state index contributed by atoms with van der Waals surface area (Å²) in [4.78, 5) is 8.01. The minimum Gasteiger partial charge on any atom is -0.420 e. The summed E-state index contributed by atoms with van der Waals surface area (Å²) in [6, 6.07) is 12.1. The second-order valence-corrected chi connectivity index (χ2v) is 5.65. The zero-order valence-corrected chi connectivity index (χ0v) is 13.3. The minimum atomic E-state index is 0.373. The van der Waals surface area contributed by atoms with Crippen LogP contribution in [0, 0.1) is 11.3 Å². The molecule has 0 spiro atoms. The van der Waals surface area contributed by atoms with Crippen molar-refractivity contribution in [3.8, 4) is 6.07 Å². The molecule has 1 aromatic carbocycles. The summed E-state index contributed by atoms with van der Waals surface area (Å²) >= 11 is 0. The highest BCUT2D eigenvalue weighted by molar-refractivity contribution is 5.67. The van der Waals surface area contributed by atoms with Gasteiger partial charge in [0.25, 0.3) is 0 Å². The normalized spacial score (nSPS) is 15.9. The molecule has 0 amide bonds. The highest BCUT2D eigenvalue weighted by Crippen LogP contribution is 2.22. The Morgan fingerprint density at radius 3 is 2.65 bits per heavy atom. The van der Waals surface area contributed by atoms with Crippen molar-refractivity contribution in [2.24, 2.45) is 0 Å². The van der Waals surface area contributed by atoms with E-state index in [9.17, 15) is 5.26 Å². The number of nitrogens with zero attached hydrogens (tertiary/aromatic N) is 3. The summed E-state index contributed by atoms with van der Waals surface area (Å²) < 4.78 is 5.83. The Labute approximate surface area is 136 Å². The van der Waals surface area contributed by atoms with Gasteiger partial charge in [-0.25, -0.2) is 0 Å². The third-order valence-corrected chi connectivity index (χ3v) is 4.21. The second-order valence-electron chi connectivity index (χ2n) is 5.65. The van der Waals surface area contributed by atoms with Crippen LogP contribution >= 0.6 is 0 Å². The van der Waals surface area contributed by atoms with Gasteiger partial charge < -0.3 is 14.2 Å². The van der Waals surface area contributed by atoms with Gasteiger partial charge in [-0.05, 0) is 18.6 Å². The van der Waals surface area contributed by atoms with E-state index in [1.54, 1.807) is 4.90 Å². The predicted octanol–water partition coefficient (Wildman–Crippen LogP) is 1.44. The van der Waals surface area contributed by atoms with Gasteiger partial charge in [-0.1, -0.05) is 30.3 Å². The highest BCUT2D eigenvalue weighted by atomic mass is 16.4. The van der Waals surface area contributed by atoms with Crippen LogP contribution in [0.1, 0.15) is 24.1 Å². The van der Waals surface area contributed by atoms with Crippen LogP contribution in [0.25, 0.3) is 12.2 Å². The van der Waals surface area contributed by atoms with Crippen LogP contribution in [0.4, 0.5) is 5.88 Å². The molecular formula is C18H21N4O+. The van der Waals surface area contributed by atoms with E-state index >= 15 is 0 Å². The predicted molar refractivity (Wildman–Crippen MR) is 90.0 cm³/mol. The van der Waals surface area contributed by atoms with Crippen molar-refractivity contribution in [2.45, 2.75) is 6.92 Å². The van der Waals surface area contributed by atoms with Gasteiger partial charge in [0.15, 0.2) is 0 Å². The zero-order chi connectivity index (χ0) is 16.1. The molecule has 0 aliphatic carbocycles. The van der Waals surface area contributed by atoms with Crippen molar-refractivity contribution in [3.63, 3.8) is 0 Å². The first kappa shape index (κ1) is 15.3. The topological polar surface area (TPSA) is 57.5 Å². The van der Waals surface area contributed by atoms with Gasteiger partial charge in [0.05, 0.1) is 32.7 Å². The molecular weight excluding hydrogens is 288 g/mol. The molecule has 23 heavy (non-hydrogen) atoms. The Morgan fingerprint density at radius 1 is 1.26 bits per heavy atom. The highest BCUT2D eigenvalue weighted by Gasteiger charge is 2.24. The van der Waals surface area contributed by atoms with E-state index in [-0.39, 0.29) is 0 Å². The molecule has 1 N–H and O–H groups in total. The summed E-state index contributed by atoms with van der Waals surface area (Å²) in [5, 5.41) is 9.32. The fourth-order valence-electron chi connectivity index (χ4n) is 2.80. The average Bonchev–Trinajstić information content (AvgIpc) is 3.04. The second kappa shape index (κ2) is 7.12. The largest absolute Gasteiger partial charge is 0.420 e. The van der Waals surface area contributed by atoms with Gasteiger partial charge in [-0.3, -0.25) is 0 Å². The minimum absolute atomic E-state index is 0.373. The van der Waals surface area contributed by atoms with E-state index in [0.717, 1.165) is 38.3 Å². The molecule has 1 saturated heterocycles. The molecule has 0 radical (unpaired) electrons. The Bertz CT molecular complexity index is 706. The first-order valence-corrected chi connectivity index (χ1v) is 8.02. The molecule has 0 unspecified atom stereocenters. The Balaban J connectivity index is 1.76. The first-order chi connectivity index (χ1) is 11.3. The lowest BCUT2D eigenvalue weighted by atomic mass is 10.2. The van der Waals surface area contributed by atoms with Crippen LogP contribution in [0.3, 0.4) is 0 Å². The van der Waals surface area contributed by atoms with Gasteiger partial charge in [-0.2, -0.15) is 10.2 Å².